The Kier molecular flexibility index (Phi) is 8.88. The van der Waals surface area contributed by atoms with E-state index >= 15 is 0 Å². The molecule has 2 unspecified atom stereocenters. The Balaban J connectivity index is 2.06. The molecule has 0 amide bonds. The van der Waals surface area contributed by atoms with Crippen LogP contribution in [0, 0.1) is 0 Å². The van der Waals surface area contributed by atoms with Crippen LogP contribution in [0.3, 0.4) is 0 Å². The highest BCUT2D eigenvalue weighted by Gasteiger charge is 2.23. The molecule has 1 saturated heterocycles. The number of guanidine groups is 1. The Morgan fingerprint density at radius 3 is 2.74 bits per heavy atom. The van der Waals surface area contributed by atoms with Crippen molar-refractivity contribution in [3.63, 3.8) is 0 Å². The number of ether oxygens (including phenoxy) is 1. The van der Waals surface area contributed by atoms with Gasteiger partial charge in [-0.25, -0.2) is 0 Å². The lowest BCUT2D eigenvalue weighted by molar-refractivity contribution is 0.266. The van der Waals surface area contributed by atoms with Crippen LogP contribution < -0.4 is 15.4 Å². The van der Waals surface area contributed by atoms with E-state index in [1.807, 2.05) is 12.1 Å². The van der Waals surface area contributed by atoms with E-state index in [0.29, 0.717) is 12.6 Å². The molecule has 1 fully saturated rings. The Morgan fingerprint density at radius 1 is 1.30 bits per heavy atom. The maximum absolute atomic E-state index is 5.56. The second-order valence-corrected chi connectivity index (χ2v) is 7.25. The molecule has 152 valence electrons. The number of benzene rings is 1. The van der Waals surface area contributed by atoms with E-state index in [9.17, 15) is 0 Å². The van der Waals surface area contributed by atoms with Gasteiger partial charge in [0.1, 0.15) is 5.75 Å². The lowest BCUT2D eigenvalue weighted by Crippen LogP contribution is -2.45. The van der Waals surface area contributed by atoms with Gasteiger partial charge in [0.15, 0.2) is 5.96 Å². The summed E-state index contributed by atoms with van der Waals surface area (Å²) < 4.78 is 5.56. The number of nitrogens with one attached hydrogen (secondary N) is 2. The fraction of sp³-hybridized carbons (Fsp3) is 0.667. The van der Waals surface area contributed by atoms with Crippen molar-refractivity contribution in [2.75, 3.05) is 53.9 Å². The Labute approximate surface area is 165 Å². The van der Waals surface area contributed by atoms with Gasteiger partial charge >= 0.3 is 0 Å². The minimum atomic E-state index is 0.162. The van der Waals surface area contributed by atoms with Crippen molar-refractivity contribution in [3.8, 4) is 5.75 Å². The van der Waals surface area contributed by atoms with Crippen molar-refractivity contribution in [1.82, 2.24) is 20.4 Å². The maximum Gasteiger partial charge on any atom is 0.191 e. The summed E-state index contributed by atoms with van der Waals surface area (Å²) in [7, 11) is 5.90. The Bertz CT molecular complexity index is 590. The molecule has 2 atom stereocenters. The number of likely N-dealkylation sites (tertiary alicyclic amines) is 1. The third-order valence-electron chi connectivity index (χ3n) is 5.30. The third-order valence-corrected chi connectivity index (χ3v) is 5.30. The number of likely N-dealkylation sites (N-methyl/N-ethyl adjacent to an activating group) is 2. The first-order chi connectivity index (χ1) is 13.1. The zero-order chi connectivity index (χ0) is 19.6. The average Bonchev–Trinajstić information content (AvgIpc) is 3.13. The predicted octanol–water partition coefficient (Wildman–Crippen LogP) is 2.34. The highest BCUT2D eigenvalue weighted by molar-refractivity contribution is 5.79. The molecular weight excluding hydrogens is 338 g/mol. The van der Waals surface area contributed by atoms with Crippen LogP contribution >= 0.6 is 0 Å². The van der Waals surface area contributed by atoms with Gasteiger partial charge in [-0.1, -0.05) is 25.1 Å². The molecule has 1 aliphatic rings. The van der Waals surface area contributed by atoms with Crippen LogP contribution in [0.1, 0.15) is 38.3 Å². The predicted molar refractivity (Wildman–Crippen MR) is 114 cm³/mol. The fourth-order valence-corrected chi connectivity index (χ4v) is 3.76. The van der Waals surface area contributed by atoms with Crippen LogP contribution in [0.25, 0.3) is 0 Å². The first-order valence-corrected chi connectivity index (χ1v) is 10.2. The summed E-state index contributed by atoms with van der Waals surface area (Å²) in [6.45, 7) is 9.16. The van der Waals surface area contributed by atoms with Gasteiger partial charge in [-0.05, 0) is 53.0 Å². The zero-order valence-corrected chi connectivity index (χ0v) is 17.7. The summed E-state index contributed by atoms with van der Waals surface area (Å²) in [5, 5.41) is 6.93. The second kappa shape index (κ2) is 11.1. The fourth-order valence-electron chi connectivity index (χ4n) is 3.76. The zero-order valence-electron chi connectivity index (χ0n) is 17.7. The molecule has 27 heavy (non-hydrogen) atoms. The number of methoxy groups -OCH3 is 1. The van der Waals surface area contributed by atoms with Gasteiger partial charge < -0.3 is 20.3 Å². The van der Waals surface area contributed by atoms with Crippen LogP contribution in [0.4, 0.5) is 0 Å². The van der Waals surface area contributed by atoms with Gasteiger partial charge in [-0.15, -0.1) is 0 Å². The van der Waals surface area contributed by atoms with E-state index in [4.69, 9.17) is 9.73 Å². The molecule has 1 heterocycles. The average molecular weight is 376 g/mol. The van der Waals surface area contributed by atoms with Gasteiger partial charge in [0.2, 0.25) is 0 Å². The lowest BCUT2D eigenvalue weighted by Gasteiger charge is -2.26. The van der Waals surface area contributed by atoms with Gasteiger partial charge in [0.25, 0.3) is 0 Å². The van der Waals surface area contributed by atoms with Crippen molar-refractivity contribution >= 4 is 5.96 Å². The van der Waals surface area contributed by atoms with Crippen molar-refractivity contribution in [2.45, 2.75) is 38.8 Å². The van der Waals surface area contributed by atoms with E-state index in [1.54, 1.807) is 7.11 Å². The Morgan fingerprint density at radius 2 is 2.07 bits per heavy atom. The van der Waals surface area contributed by atoms with Gasteiger partial charge in [-0.3, -0.25) is 9.89 Å². The molecule has 0 radical (unpaired) electrons. The monoisotopic (exact) mass is 375 g/mol. The summed E-state index contributed by atoms with van der Waals surface area (Å²) in [6, 6.07) is 8.97. The van der Waals surface area contributed by atoms with Crippen LogP contribution in [0.15, 0.2) is 29.3 Å². The molecule has 6 nitrogen and oxygen atoms in total. The number of hydrogen-bond donors (Lipinski definition) is 2. The molecule has 6 heteroatoms. The van der Waals surface area contributed by atoms with E-state index in [2.05, 4.69) is 60.5 Å². The van der Waals surface area contributed by atoms with E-state index in [0.717, 1.165) is 36.9 Å². The molecule has 1 aromatic rings. The Hall–Kier alpha value is -1.79. The quantitative estimate of drug-likeness (QED) is 0.513. The molecule has 0 aliphatic carbocycles. The molecule has 0 bridgehead atoms. The van der Waals surface area contributed by atoms with Gasteiger partial charge in [-0.2, -0.15) is 0 Å². The van der Waals surface area contributed by atoms with Crippen LogP contribution in [-0.2, 0) is 0 Å². The largest absolute Gasteiger partial charge is 0.496 e. The van der Waals surface area contributed by atoms with Crippen molar-refractivity contribution in [1.29, 1.82) is 0 Å². The normalized spacial score (nSPS) is 19.3. The minimum absolute atomic E-state index is 0.162. The number of para-hydroxylation sites is 1. The number of nitrogens with zero attached hydrogens (tertiary/aromatic N) is 3. The smallest absolute Gasteiger partial charge is 0.191 e. The molecule has 1 aromatic carbocycles. The van der Waals surface area contributed by atoms with Crippen molar-refractivity contribution in [2.24, 2.45) is 4.99 Å². The number of hydrogen-bond acceptors (Lipinski definition) is 4. The minimum Gasteiger partial charge on any atom is -0.496 e. The van der Waals surface area contributed by atoms with E-state index < -0.39 is 0 Å². The topological polar surface area (TPSA) is 52.1 Å². The summed E-state index contributed by atoms with van der Waals surface area (Å²) in [4.78, 5) is 9.62. The molecule has 0 aromatic heterocycles. The molecule has 2 N–H and O–H groups in total. The molecule has 2 rings (SSSR count). The molecule has 1 aliphatic heterocycles. The third kappa shape index (κ3) is 6.11. The molecule has 0 spiro atoms. The molecular formula is C21H37N5O. The summed E-state index contributed by atoms with van der Waals surface area (Å²) in [5.74, 6) is 1.80. The van der Waals surface area contributed by atoms with E-state index in [-0.39, 0.29) is 6.04 Å². The van der Waals surface area contributed by atoms with Crippen molar-refractivity contribution in [3.05, 3.63) is 29.8 Å². The summed E-state index contributed by atoms with van der Waals surface area (Å²) >= 11 is 0. The maximum atomic E-state index is 5.56. The SMILES string of the molecule is CCNC(=NCC(c1ccccc1OC)N(C)C)NCC1CCCN1CC. The number of rotatable bonds is 9. The summed E-state index contributed by atoms with van der Waals surface area (Å²) in [6.07, 6.45) is 2.56. The van der Waals surface area contributed by atoms with Gasteiger partial charge in [0, 0.05) is 24.7 Å². The van der Waals surface area contributed by atoms with Crippen LogP contribution in [0.5, 0.6) is 5.75 Å². The van der Waals surface area contributed by atoms with E-state index in [1.165, 1.54) is 19.4 Å². The first-order valence-electron chi connectivity index (χ1n) is 10.2. The van der Waals surface area contributed by atoms with Crippen LogP contribution in [0.2, 0.25) is 0 Å². The standard InChI is InChI=1S/C21H37N5O/c1-6-22-21(23-15-17-11-10-14-26(17)7-2)24-16-19(25(3)4)18-12-8-9-13-20(18)27-5/h8-9,12-13,17,19H,6-7,10-11,14-16H2,1-5H3,(H2,22,23,24). The van der Waals surface area contributed by atoms with Gasteiger partial charge in [0.05, 0.1) is 19.7 Å². The second-order valence-electron chi connectivity index (χ2n) is 7.25. The van der Waals surface area contributed by atoms with Crippen molar-refractivity contribution < 1.29 is 4.74 Å². The number of aliphatic imine (C=N–C) groups is 1. The first kappa shape index (κ1) is 21.5. The summed E-state index contributed by atoms with van der Waals surface area (Å²) in [5.41, 5.74) is 1.16. The highest BCUT2D eigenvalue weighted by Crippen LogP contribution is 2.28. The van der Waals surface area contributed by atoms with Crippen LogP contribution in [-0.4, -0.2) is 75.7 Å². The lowest BCUT2D eigenvalue weighted by atomic mass is 10.0. The highest BCUT2D eigenvalue weighted by atomic mass is 16.5. The molecule has 0 saturated carbocycles.